The average molecular weight is 281 g/mol. The Kier molecular flexibility index (Phi) is 4.95. The molecule has 0 radical (unpaired) electrons. The molecule has 1 aromatic rings. The predicted octanol–water partition coefficient (Wildman–Crippen LogP) is 2.02. The molecule has 5 heteroatoms. The van der Waals surface area contributed by atoms with E-state index in [1.807, 2.05) is 0 Å². The highest BCUT2D eigenvalue weighted by molar-refractivity contribution is 5.77. The van der Waals surface area contributed by atoms with E-state index in [0.717, 1.165) is 19.3 Å². The standard InChI is InChI=1S/C15H20FNO3/c16-12-6-2-3-7-13(12)20-10-14(18)17-11-15(19)8-4-1-5-9-15/h2-3,6-7,19H,1,4-5,8-11H2,(H,17,18). The van der Waals surface area contributed by atoms with Crippen molar-refractivity contribution in [3.05, 3.63) is 30.1 Å². The fraction of sp³-hybridized carbons (Fsp3) is 0.533. The molecule has 1 aliphatic carbocycles. The molecular weight excluding hydrogens is 261 g/mol. The van der Waals surface area contributed by atoms with Gasteiger partial charge in [0.25, 0.3) is 5.91 Å². The first-order chi connectivity index (χ1) is 9.59. The molecule has 2 rings (SSSR count). The molecule has 1 amide bonds. The minimum atomic E-state index is -0.800. The van der Waals surface area contributed by atoms with Crippen LogP contribution in [0.4, 0.5) is 4.39 Å². The van der Waals surface area contributed by atoms with Crippen LogP contribution in [-0.4, -0.2) is 29.8 Å². The molecule has 1 aromatic carbocycles. The van der Waals surface area contributed by atoms with E-state index in [0.29, 0.717) is 12.8 Å². The van der Waals surface area contributed by atoms with Crippen LogP contribution in [0.25, 0.3) is 0 Å². The minimum absolute atomic E-state index is 0.0547. The lowest BCUT2D eigenvalue weighted by atomic mass is 9.85. The average Bonchev–Trinajstić information content (AvgIpc) is 2.45. The summed E-state index contributed by atoms with van der Waals surface area (Å²) in [5.74, 6) is -0.794. The highest BCUT2D eigenvalue weighted by Crippen LogP contribution is 2.27. The molecule has 1 aliphatic rings. The number of carbonyl (C=O) groups is 1. The van der Waals surface area contributed by atoms with Gasteiger partial charge in [0.05, 0.1) is 5.60 Å². The maximum Gasteiger partial charge on any atom is 0.258 e. The molecule has 0 heterocycles. The first-order valence-electron chi connectivity index (χ1n) is 6.95. The number of nitrogens with one attached hydrogen (secondary N) is 1. The summed E-state index contributed by atoms with van der Waals surface area (Å²) in [4.78, 5) is 11.6. The van der Waals surface area contributed by atoms with Crippen LogP contribution in [0, 0.1) is 5.82 Å². The number of para-hydroxylation sites is 1. The third-order valence-electron chi connectivity index (χ3n) is 3.59. The van der Waals surface area contributed by atoms with Crippen molar-refractivity contribution in [3.8, 4) is 5.75 Å². The summed E-state index contributed by atoms with van der Waals surface area (Å²) in [5.41, 5.74) is -0.800. The smallest absolute Gasteiger partial charge is 0.258 e. The molecule has 0 aromatic heterocycles. The van der Waals surface area contributed by atoms with Crippen LogP contribution >= 0.6 is 0 Å². The molecule has 0 unspecified atom stereocenters. The zero-order valence-corrected chi connectivity index (χ0v) is 11.4. The fourth-order valence-corrected chi connectivity index (χ4v) is 2.41. The van der Waals surface area contributed by atoms with Crippen LogP contribution in [0.1, 0.15) is 32.1 Å². The van der Waals surface area contributed by atoms with Crippen LogP contribution in [0.3, 0.4) is 0 Å². The van der Waals surface area contributed by atoms with Gasteiger partial charge >= 0.3 is 0 Å². The van der Waals surface area contributed by atoms with E-state index in [1.54, 1.807) is 12.1 Å². The Morgan fingerprint density at radius 1 is 1.30 bits per heavy atom. The summed E-state index contributed by atoms with van der Waals surface area (Å²) >= 11 is 0. The van der Waals surface area contributed by atoms with Gasteiger partial charge in [0.1, 0.15) is 0 Å². The van der Waals surface area contributed by atoms with Gasteiger partial charge in [0.2, 0.25) is 0 Å². The Morgan fingerprint density at radius 2 is 2.00 bits per heavy atom. The third-order valence-corrected chi connectivity index (χ3v) is 3.59. The number of rotatable bonds is 5. The summed E-state index contributed by atoms with van der Waals surface area (Å²) < 4.78 is 18.4. The van der Waals surface area contributed by atoms with Gasteiger partial charge in [-0.1, -0.05) is 31.4 Å². The number of ether oxygens (including phenoxy) is 1. The lowest BCUT2D eigenvalue weighted by Crippen LogP contribution is -2.45. The molecule has 0 spiro atoms. The Hall–Kier alpha value is -1.62. The molecule has 0 bridgehead atoms. The van der Waals surface area contributed by atoms with Crippen LogP contribution in [-0.2, 0) is 4.79 Å². The van der Waals surface area contributed by atoms with Gasteiger partial charge in [-0.05, 0) is 25.0 Å². The highest BCUT2D eigenvalue weighted by Gasteiger charge is 2.29. The number of carbonyl (C=O) groups excluding carboxylic acids is 1. The zero-order chi connectivity index (χ0) is 14.4. The Bertz CT molecular complexity index is 458. The summed E-state index contributed by atoms with van der Waals surface area (Å²) in [6, 6.07) is 5.94. The molecule has 110 valence electrons. The van der Waals surface area contributed by atoms with E-state index in [-0.39, 0.29) is 24.8 Å². The lowest BCUT2D eigenvalue weighted by molar-refractivity contribution is -0.124. The van der Waals surface area contributed by atoms with Crippen molar-refractivity contribution in [1.82, 2.24) is 5.32 Å². The molecule has 2 N–H and O–H groups in total. The molecule has 0 aliphatic heterocycles. The molecule has 0 atom stereocenters. The summed E-state index contributed by atoms with van der Waals surface area (Å²) in [6.45, 7) is -0.0243. The largest absolute Gasteiger partial charge is 0.481 e. The van der Waals surface area contributed by atoms with Crippen molar-refractivity contribution in [2.45, 2.75) is 37.7 Å². The zero-order valence-electron chi connectivity index (χ0n) is 11.4. The van der Waals surface area contributed by atoms with Gasteiger partial charge in [0, 0.05) is 6.54 Å². The molecule has 20 heavy (non-hydrogen) atoms. The predicted molar refractivity (Wildman–Crippen MR) is 72.9 cm³/mol. The van der Waals surface area contributed by atoms with Crippen molar-refractivity contribution in [2.75, 3.05) is 13.2 Å². The van der Waals surface area contributed by atoms with Crippen molar-refractivity contribution in [2.24, 2.45) is 0 Å². The van der Waals surface area contributed by atoms with Gasteiger partial charge in [0.15, 0.2) is 18.2 Å². The van der Waals surface area contributed by atoms with Crippen molar-refractivity contribution in [3.63, 3.8) is 0 Å². The van der Waals surface area contributed by atoms with E-state index in [4.69, 9.17) is 4.74 Å². The number of hydrogen-bond acceptors (Lipinski definition) is 3. The lowest BCUT2D eigenvalue weighted by Gasteiger charge is -2.32. The second-order valence-corrected chi connectivity index (χ2v) is 5.28. The highest BCUT2D eigenvalue weighted by atomic mass is 19.1. The monoisotopic (exact) mass is 281 g/mol. The number of hydrogen-bond donors (Lipinski definition) is 2. The molecule has 4 nitrogen and oxygen atoms in total. The van der Waals surface area contributed by atoms with Crippen LogP contribution < -0.4 is 10.1 Å². The summed E-state index contributed by atoms with van der Waals surface area (Å²) in [5, 5.41) is 12.9. The van der Waals surface area contributed by atoms with Crippen LogP contribution in [0.15, 0.2) is 24.3 Å². The molecular formula is C15H20FNO3. The topological polar surface area (TPSA) is 58.6 Å². The maximum atomic E-state index is 13.3. The minimum Gasteiger partial charge on any atom is -0.481 e. The third kappa shape index (κ3) is 4.20. The summed E-state index contributed by atoms with van der Waals surface area (Å²) in [6.07, 6.45) is 4.52. The first kappa shape index (κ1) is 14.8. The first-order valence-corrected chi connectivity index (χ1v) is 6.95. The second kappa shape index (κ2) is 6.70. The Labute approximate surface area is 117 Å². The Balaban J connectivity index is 1.74. The van der Waals surface area contributed by atoms with Gasteiger partial charge < -0.3 is 15.2 Å². The molecule has 0 saturated heterocycles. The van der Waals surface area contributed by atoms with E-state index in [1.165, 1.54) is 12.1 Å². The van der Waals surface area contributed by atoms with E-state index < -0.39 is 11.4 Å². The van der Waals surface area contributed by atoms with E-state index in [9.17, 15) is 14.3 Å². The van der Waals surface area contributed by atoms with Crippen molar-refractivity contribution < 1.29 is 19.0 Å². The van der Waals surface area contributed by atoms with Gasteiger partial charge in [-0.3, -0.25) is 4.79 Å². The van der Waals surface area contributed by atoms with Gasteiger partial charge in [-0.15, -0.1) is 0 Å². The van der Waals surface area contributed by atoms with Crippen molar-refractivity contribution >= 4 is 5.91 Å². The number of amides is 1. The van der Waals surface area contributed by atoms with E-state index >= 15 is 0 Å². The normalized spacial score (nSPS) is 17.5. The maximum absolute atomic E-state index is 13.3. The van der Waals surface area contributed by atoms with Gasteiger partial charge in [-0.2, -0.15) is 0 Å². The van der Waals surface area contributed by atoms with Gasteiger partial charge in [-0.25, -0.2) is 4.39 Å². The number of benzene rings is 1. The van der Waals surface area contributed by atoms with Crippen molar-refractivity contribution in [1.29, 1.82) is 0 Å². The Morgan fingerprint density at radius 3 is 2.70 bits per heavy atom. The molecule has 1 fully saturated rings. The number of halogens is 1. The quantitative estimate of drug-likeness (QED) is 0.868. The second-order valence-electron chi connectivity index (χ2n) is 5.28. The van der Waals surface area contributed by atoms with E-state index in [2.05, 4.69) is 5.32 Å². The van der Waals surface area contributed by atoms with Crippen LogP contribution in [0.2, 0.25) is 0 Å². The van der Waals surface area contributed by atoms with Crippen LogP contribution in [0.5, 0.6) is 5.75 Å². The SMILES string of the molecule is O=C(COc1ccccc1F)NCC1(O)CCCCC1. The fourth-order valence-electron chi connectivity index (χ4n) is 2.41. The summed E-state index contributed by atoms with van der Waals surface area (Å²) in [7, 11) is 0. The number of aliphatic hydroxyl groups is 1. The molecule has 1 saturated carbocycles.